The molecule has 0 aromatic heterocycles. The minimum atomic E-state index is -0.489. The highest BCUT2D eigenvalue weighted by Crippen LogP contribution is 2.42. The van der Waals surface area contributed by atoms with Gasteiger partial charge in [-0.2, -0.15) is 0 Å². The molecule has 146 valence electrons. The van der Waals surface area contributed by atoms with E-state index in [1.54, 1.807) is 13.2 Å². The summed E-state index contributed by atoms with van der Waals surface area (Å²) in [5.74, 6) is 0.491. The lowest BCUT2D eigenvalue weighted by molar-refractivity contribution is -0.122. The van der Waals surface area contributed by atoms with Crippen LogP contribution < -0.4 is 15.8 Å². The number of fused-ring (bicyclic) bond motifs is 2. The number of hydrogen-bond acceptors (Lipinski definition) is 4. The van der Waals surface area contributed by atoms with Crippen LogP contribution >= 0.6 is 12.4 Å². The average Bonchev–Trinajstić information content (AvgIpc) is 2.56. The minimum Gasteiger partial charge on any atom is -0.488 e. The summed E-state index contributed by atoms with van der Waals surface area (Å²) in [6.45, 7) is 0.675. The molecule has 0 radical (unpaired) electrons. The van der Waals surface area contributed by atoms with Gasteiger partial charge in [-0.05, 0) is 49.7 Å². The number of ether oxygens (including phenoxy) is 2. The molecule has 0 saturated heterocycles. The predicted octanol–water partition coefficient (Wildman–Crippen LogP) is 3.36. The van der Waals surface area contributed by atoms with Crippen molar-refractivity contribution in [3.8, 4) is 5.75 Å². The molecule has 2 bridgehead atoms. The Bertz CT molecular complexity index is 602. The van der Waals surface area contributed by atoms with Crippen molar-refractivity contribution in [2.75, 3.05) is 25.6 Å². The van der Waals surface area contributed by atoms with Gasteiger partial charge in [0.25, 0.3) is 0 Å². The molecule has 3 N–H and O–H groups in total. The highest BCUT2D eigenvalue weighted by atomic mass is 35.5. The maximum absolute atomic E-state index is 14.1. The maximum atomic E-state index is 14.1. The summed E-state index contributed by atoms with van der Waals surface area (Å²) in [6.07, 6.45) is 5.12. The van der Waals surface area contributed by atoms with Crippen molar-refractivity contribution < 1.29 is 18.7 Å². The first kappa shape index (κ1) is 20.9. The molecule has 1 amide bonds. The molecule has 1 aromatic carbocycles. The molecular weight excluding hydrogens is 359 g/mol. The third-order valence-corrected chi connectivity index (χ3v) is 5.53. The third kappa shape index (κ3) is 4.87. The zero-order valence-corrected chi connectivity index (χ0v) is 15.9. The Kier molecular flexibility index (Phi) is 7.68. The van der Waals surface area contributed by atoms with Gasteiger partial charge < -0.3 is 20.5 Å². The van der Waals surface area contributed by atoms with E-state index < -0.39 is 5.82 Å². The van der Waals surface area contributed by atoms with Crippen molar-refractivity contribution in [1.82, 2.24) is 0 Å². The summed E-state index contributed by atoms with van der Waals surface area (Å²) in [5.41, 5.74) is 6.74. The number of nitrogens with one attached hydrogen (secondary N) is 1. The average molecular weight is 387 g/mol. The lowest BCUT2D eigenvalue weighted by Crippen LogP contribution is -2.48. The van der Waals surface area contributed by atoms with Crippen LogP contribution in [0.15, 0.2) is 18.2 Å². The van der Waals surface area contributed by atoms with Gasteiger partial charge in [0.05, 0.1) is 6.61 Å². The molecule has 0 aliphatic heterocycles. The van der Waals surface area contributed by atoms with Gasteiger partial charge in [0, 0.05) is 30.8 Å². The Hall–Kier alpha value is -1.37. The Labute approximate surface area is 160 Å². The van der Waals surface area contributed by atoms with Crippen LogP contribution in [-0.2, 0) is 9.53 Å². The van der Waals surface area contributed by atoms with Crippen molar-refractivity contribution in [1.29, 1.82) is 0 Å². The predicted molar refractivity (Wildman–Crippen MR) is 101 cm³/mol. The van der Waals surface area contributed by atoms with Gasteiger partial charge in [-0.1, -0.05) is 6.42 Å². The highest BCUT2D eigenvalue weighted by Gasteiger charge is 2.40. The van der Waals surface area contributed by atoms with E-state index in [1.165, 1.54) is 18.6 Å². The van der Waals surface area contributed by atoms with Gasteiger partial charge in [0.2, 0.25) is 5.91 Å². The second-order valence-electron chi connectivity index (χ2n) is 7.17. The first-order valence-electron chi connectivity index (χ1n) is 9.06. The van der Waals surface area contributed by atoms with Crippen LogP contribution in [0.2, 0.25) is 0 Å². The maximum Gasteiger partial charge on any atom is 0.227 e. The Morgan fingerprint density at radius 2 is 1.96 bits per heavy atom. The fraction of sp³-hybridized carbons (Fsp3) is 0.632. The number of carbonyl (C=O) groups excluding carboxylic acids is 1. The second-order valence-corrected chi connectivity index (χ2v) is 7.17. The Morgan fingerprint density at radius 3 is 2.58 bits per heavy atom. The molecular formula is C19H28ClFN2O3. The van der Waals surface area contributed by atoms with Crippen LogP contribution in [0, 0.1) is 23.6 Å². The molecule has 5 nitrogen and oxygen atoms in total. The molecule has 2 atom stereocenters. The second kappa shape index (κ2) is 9.53. The van der Waals surface area contributed by atoms with E-state index in [2.05, 4.69) is 5.32 Å². The van der Waals surface area contributed by atoms with Gasteiger partial charge >= 0.3 is 0 Å². The summed E-state index contributed by atoms with van der Waals surface area (Å²) in [5, 5.41) is 2.85. The number of anilines is 1. The summed E-state index contributed by atoms with van der Waals surface area (Å²) >= 11 is 0. The molecule has 2 aliphatic rings. The van der Waals surface area contributed by atoms with Crippen molar-refractivity contribution in [2.24, 2.45) is 23.5 Å². The fourth-order valence-electron chi connectivity index (χ4n) is 4.18. The number of nitrogens with two attached hydrogens (primary N) is 1. The molecule has 2 fully saturated rings. The van der Waals surface area contributed by atoms with Crippen LogP contribution in [0.25, 0.3) is 0 Å². The minimum absolute atomic E-state index is 0. The summed E-state index contributed by atoms with van der Waals surface area (Å²) in [6, 6.07) is 4.74. The number of carbonyl (C=O) groups is 1. The normalized spacial score (nSPS) is 27.3. The van der Waals surface area contributed by atoms with Crippen LogP contribution in [-0.4, -0.2) is 32.3 Å². The molecule has 2 saturated carbocycles. The lowest BCUT2D eigenvalue weighted by atomic mass is 9.65. The van der Waals surface area contributed by atoms with Crippen LogP contribution in [0.1, 0.15) is 32.1 Å². The van der Waals surface area contributed by atoms with Gasteiger partial charge in [-0.3, -0.25) is 4.79 Å². The van der Waals surface area contributed by atoms with E-state index in [0.29, 0.717) is 24.1 Å². The molecule has 2 aliphatic carbocycles. The van der Waals surface area contributed by atoms with Crippen molar-refractivity contribution in [3.05, 3.63) is 24.0 Å². The van der Waals surface area contributed by atoms with E-state index in [0.717, 1.165) is 25.7 Å². The smallest absolute Gasteiger partial charge is 0.227 e. The molecule has 7 heteroatoms. The number of benzene rings is 1. The third-order valence-electron chi connectivity index (χ3n) is 5.53. The largest absolute Gasteiger partial charge is 0.488 e. The standard InChI is InChI=1S/C19H27FN2O3.ClH/c1-24-7-8-25-17-6-5-15(11-16(17)20)22-19(23)14-9-12-3-2-4-13(10-14)18(12)21;/h5-6,11-14,18H,2-4,7-10,21H2,1H3,(H,22,23);1H. The van der Waals surface area contributed by atoms with Gasteiger partial charge in [0.15, 0.2) is 11.6 Å². The Balaban J connectivity index is 0.00000243. The van der Waals surface area contributed by atoms with Crippen molar-refractivity contribution in [2.45, 2.75) is 38.1 Å². The zero-order valence-electron chi connectivity index (χ0n) is 15.1. The fourth-order valence-corrected chi connectivity index (χ4v) is 4.18. The van der Waals surface area contributed by atoms with E-state index in [-0.39, 0.29) is 42.6 Å². The van der Waals surface area contributed by atoms with Crippen LogP contribution in [0.3, 0.4) is 0 Å². The van der Waals surface area contributed by atoms with Gasteiger partial charge in [-0.25, -0.2) is 4.39 Å². The first-order chi connectivity index (χ1) is 12.1. The Morgan fingerprint density at radius 1 is 1.27 bits per heavy atom. The van der Waals surface area contributed by atoms with Crippen LogP contribution in [0.5, 0.6) is 5.75 Å². The quantitative estimate of drug-likeness (QED) is 0.735. The molecule has 0 spiro atoms. The van der Waals surface area contributed by atoms with Crippen LogP contribution in [0.4, 0.5) is 10.1 Å². The van der Waals surface area contributed by atoms with Crippen molar-refractivity contribution >= 4 is 24.0 Å². The molecule has 3 rings (SSSR count). The number of methoxy groups -OCH3 is 1. The lowest BCUT2D eigenvalue weighted by Gasteiger charge is -2.43. The molecule has 1 aromatic rings. The highest BCUT2D eigenvalue weighted by molar-refractivity contribution is 5.92. The SMILES string of the molecule is COCCOc1ccc(NC(=O)C2CC3CCCC(C2)C3N)cc1F.Cl. The monoisotopic (exact) mass is 386 g/mol. The number of rotatable bonds is 6. The van der Waals surface area contributed by atoms with E-state index in [9.17, 15) is 9.18 Å². The summed E-state index contributed by atoms with van der Waals surface area (Å²) in [7, 11) is 1.56. The van der Waals surface area contributed by atoms with Gasteiger partial charge in [0.1, 0.15) is 6.61 Å². The molecule has 2 unspecified atom stereocenters. The van der Waals surface area contributed by atoms with Gasteiger partial charge in [-0.15, -0.1) is 12.4 Å². The molecule has 26 heavy (non-hydrogen) atoms. The van der Waals surface area contributed by atoms with E-state index in [4.69, 9.17) is 15.2 Å². The summed E-state index contributed by atoms with van der Waals surface area (Å²) in [4.78, 5) is 12.6. The molecule has 0 heterocycles. The van der Waals surface area contributed by atoms with Crippen molar-refractivity contribution in [3.63, 3.8) is 0 Å². The zero-order chi connectivity index (χ0) is 17.8. The van der Waals surface area contributed by atoms with E-state index >= 15 is 0 Å². The van der Waals surface area contributed by atoms with E-state index in [1.807, 2.05) is 0 Å². The number of halogens is 2. The number of amides is 1. The first-order valence-corrected chi connectivity index (χ1v) is 9.06. The number of hydrogen-bond donors (Lipinski definition) is 2. The summed E-state index contributed by atoms with van der Waals surface area (Å²) < 4.78 is 24.2. The topological polar surface area (TPSA) is 73.6 Å².